The van der Waals surface area contributed by atoms with Crippen molar-refractivity contribution in [2.45, 2.75) is 33.2 Å². The van der Waals surface area contributed by atoms with Gasteiger partial charge in [-0.3, -0.25) is 4.68 Å². The maximum absolute atomic E-state index is 4.39. The Morgan fingerprint density at radius 3 is 2.40 bits per heavy atom. The predicted octanol–water partition coefficient (Wildman–Crippen LogP) is 1.68. The first-order chi connectivity index (χ1) is 4.70. The largest absolute Gasteiger partial charge is 0.266 e. The highest BCUT2D eigenvalue weighted by molar-refractivity contribution is 5.43. The lowest BCUT2D eigenvalue weighted by Crippen LogP contribution is -2.04. The lowest BCUT2D eigenvalue weighted by molar-refractivity contribution is 0.518. The van der Waals surface area contributed by atoms with Crippen LogP contribution in [0.5, 0.6) is 0 Å². The van der Waals surface area contributed by atoms with Crippen LogP contribution in [-0.2, 0) is 6.42 Å². The fraction of sp³-hybridized carbons (Fsp3) is 0.625. The normalized spacial score (nSPS) is 14.0. The molecule has 0 radical (unpaired) electrons. The molecule has 1 heterocycles. The van der Waals surface area contributed by atoms with Gasteiger partial charge >= 0.3 is 0 Å². The van der Waals surface area contributed by atoms with Crippen LogP contribution in [0.4, 0.5) is 0 Å². The van der Waals surface area contributed by atoms with Crippen LogP contribution in [0.1, 0.15) is 36.8 Å². The van der Waals surface area contributed by atoms with Crippen molar-refractivity contribution in [2.24, 2.45) is 0 Å². The number of hydrogen-bond donors (Lipinski definition) is 0. The monoisotopic (exact) mass is 136 g/mol. The van der Waals surface area contributed by atoms with Gasteiger partial charge in [0, 0.05) is 23.7 Å². The smallest absolute Gasteiger partial charge is 0.0632 e. The number of nitrogens with zero attached hydrogens (tertiary/aromatic N) is 2. The van der Waals surface area contributed by atoms with E-state index in [2.05, 4.69) is 30.6 Å². The molecule has 2 nitrogen and oxygen atoms in total. The lowest BCUT2D eigenvalue weighted by Gasteiger charge is -2.05. The summed E-state index contributed by atoms with van der Waals surface area (Å²) in [5, 5.41) is 4.39. The van der Waals surface area contributed by atoms with E-state index >= 15 is 0 Å². The Morgan fingerprint density at radius 2 is 2.20 bits per heavy atom. The first kappa shape index (κ1) is 5.96. The quantitative estimate of drug-likeness (QED) is 0.583. The minimum Gasteiger partial charge on any atom is -0.266 e. The van der Waals surface area contributed by atoms with Crippen LogP contribution in [0.15, 0.2) is 0 Å². The summed E-state index contributed by atoms with van der Waals surface area (Å²) in [5.74, 6) is 0. The molecule has 0 spiro atoms. The molecule has 0 unspecified atom stereocenters. The fourth-order valence-corrected chi connectivity index (χ4v) is 1.39. The molecule has 1 aliphatic carbocycles. The molecule has 0 aliphatic heterocycles. The number of aromatic nitrogens is 2. The van der Waals surface area contributed by atoms with E-state index in [1.807, 2.05) is 0 Å². The van der Waals surface area contributed by atoms with Crippen molar-refractivity contribution in [3.8, 4) is 0 Å². The Hall–Kier alpha value is -0.790. The minimum atomic E-state index is 0.532. The summed E-state index contributed by atoms with van der Waals surface area (Å²) in [5.41, 5.74) is 4.16. The van der Waals surface area contributed by atoms with Gasteiger partial charge in [0.1, 0.15) is 0 Å². The summed E-state index contributed by atoms with van der Waals surface area (Å²) in [6.45, 7) is 6.43. The average Bonchev–Trinajstić information content (AvgIpc) is 2.55. The zero-order valence-corrected chi connectivity index (χ0v) is 6.68. The maximum atomic E-state index is 4.39. The van der Waals surface area contributed by atoms with Crippen LogP contribution in [0.2, 0.25) is 0 Å². The van der Waals surface area contributed by atoms with E-state index in [0.717, 1.165) is 0 Å². The molecule has 0 saturated heterocycles. The van der Waals surface area contributed by atoms with Gasteiger partial charge in [-0.25, -0.2) is 0 Å². The van der Waals surface area contributed by atoms with Gasteiger partial charge in [0.25, 0.3) is 0 Å². The number of rotatable bonds is 1. The fourth-order valence-electron chi connectivity index (χ4n) is 1.39. The summed E-state index contributed by atoms with van der Waals surface area (Å²) in [7, 11) is 0. The molecule has 0 atom stereocenters. The van der Waals surface area contributed by atoms with E-state index < -0.39 is 0 Å². The van der Waals surface area contributed by atoms with E-state index in [-0.39, 0.29) is 0 Å². The second kappa shape index (κ2) is 1.62. The zero-order valence-electron chi connectivity index (χ0n) is 6.68. The van der Waals surface area contributed by atoms with E-state index in [9.17, 15) is 0 Å². The van der Waals surface area contributed by atoms with E-state index in [1.54, 1.807) is 0 Å². The molecule has 1 aliphatic rings. The Bertz CT molecular complexity index is 271. The first-order valence-electron chi connectivity index (χ1n) is 3.77. The lowest BCUT2D eigenvalue weighted by atomic mass is 10.4. The van der Waals surface area contributed by atoms with Gasteiger partial charge in [-0.1, -0.05) is 0 Å². The highest BCUT2D eigenvalue weighted by Gasteiger charge is 2.27. The number of aryl methyl sites for hydroxylation is 1. The summed E-state index contributed by atoms with van der Waals surface area (Å²) in [6, 6.07) is 0.532. The van der Waals surface area contributed by atoms with Crippen molar-refractivity contribution in [3.05, 3.63) is 17.0 Å². The Kier molecular flexibility index (Phi) is 0.967. The van der Waals surface area contributed by atoms with Crippen LogP contribution < -0.4 is 0 Å². The third-order valence-corrected chi connectivity index (χ3v) is 2.03. The number of hydrogen-bond acceptors (Lipinski definition) is 1. The minimum absolute atomic E-state index is 0.532. The maximum Gasteiger partial charge on any atom is 0.0632 e. The van der Waals surface area contributed by atoms with Crippen molar-refractivity contribution in [3.63, 3.8) is 0 Å². The predicted molar refractivity (Wildman–Crippen MR) is 40.2 cm³/mol. The van der Waals surface area contributed by atoms with Gasteiger partial charge in [0.15, 0.2) is 0 Å². The second-order valence-electron chi connectivity index (χ2n) is 3.23. The van der Waals surface area contributed by atoms with Crippen LogP contribution in [0.25, 0.3) is 0 Å². The molecule has 1 aromatic heterocycles. The average molecular weight is 136 g/mol. The molecule has 10 heavy (non-hydrogen) atoms. The molecular weight excluding hydrogens is 124 g/mol. The molecule has 0 bridgehead atoms. The first-order valence-corrected chi connectivity index (χ1v) is 3.77. The van der Waals surface area contributed by atoms with Crippen LogP contribution >= 0.6 is 0 Å². The molecule has 0 aromatic carbocycles. The molecule has 1 aromatic rings. The van der Waals surface area contributed by atoms with E-state index in [1.165, 1.54) is 23.4 Å². The molecule has 0 N–H and O–H groups in total. The Balaban J connectivity index is 2.46. The SMILES string of the molecule is Cc1nn(C(C)C)c2c1C2. The third-order valence-electron chi connectivity index (χ3n) is 2.03. The second-order valence-corrected chi connectivity index (χ2v) is 3.23. The van der Waals surface area contributed by atoms with Crippen LogP contribution in [0.3, 0.4) is 0 Å². The molecule has 0 fully saturated rings. The van der Waals surface area contributed by atoms with Crippen LogP contribution in [-0.4, -0.2) is 9.78 Å². The summed E-state index contributed by atoms with van der Waals surface area (Å²) >= 11 is 0. The van der Waals surface area contributed by atoms with Crippen molar-refractivity contribution in [2.75, 3.05) is 0 Å². The van der Waals surface area contributed by atoms with Crippen molar-refractivity contribution >= 4 is 0 Å². The molecular formula is C8H12N2. The van der Waals surface area contributed by atoms with Gasteiger partial charge in [-0.2, -0.15) is 5.10 Å². The van der Waals surface area contributed by atoms with Crippen molar-refractivity contribution < 1.29 is 0 Å². The van der Waals surface area contributed by atoms with E-state index in [4.69, 9.17) is 0 Å². The topological polar surface area (TPSA) is 17.8 Å². The molecule has 0 amide bonds. The molecule has 2 rings (SSSR count). The molecule has 2 heteroatoms. The van der Waals surface area contributed by atoms with Gasteiger partial charge in [-0.05, 0) is 20.8 Å². The summed E-state index contributed by atoms with van der Waals surface area (Å²) < 4.78 is 2.13. The summed E-state index contributed by atoms with van der Waals surface area (Å²) in [6.07, 6.45) is 1.19. The van der Waals surface area contributed by atoms with Gasteiger partial charge in [0.2, 0.25) is 0 Å². The van der Waals surface area contributed by atoms with Gasteiger partial charge in [-0.15, -0.1) is 0 Å². The number of fused-ring (bicyclic) bond motifs is 1. The van der Waals surface area contributed by atoms with E-state index in [0.29, 0.717) is 6.04 Å². The summed E-state index contributed by atoms with van der Waals surface area (Å²) in [4.78, 5) is 0. The van der Waals surface area contributed by atoms with Crippen molar-refractivity contribution in [1.29, 1.82) is 0 Å². The van der Waals surface area contributed by atoms with Crippen molar-refractivity contribution in [1.82, 2.24) is 9.78 Å². The molecule has 54 valence electrons. The van der Waals surface area contributed by atoms with Gasteiger partial charge < -0.3 is 0 Å². The standard InChI is InChI=1S/C8H12N2/c1-5(2)10-8-4-7(8)6(3)9-10/h5H,4H2,1-3H3. The third kappa shape index (κ3) is 0.618. The van der Waals surface area contributed by atoms with Crippen LogP contribution in [0, 0.1) is 6.92 Å². The molecule has 0 saturated carbocycles. The Labute approximate surface area is 60.9 Å². The zero-order chi connectivity index (χ0) is 7.30. The Morgan fingerprint density at radius 1 is 1.50 bits per heavy atom. The highest BCUT2D eigenvalue weighted by Crippen LogP contribution is 2.32. The highest BCUT2D eigenvalue weighted by atomic mass is 15.3. The van der Waals surface area contributed by atoms with Gasteiger partial charge in [0.05, 0.1) is 5.69 Å².